The zero-order valence-corrected chi connectivity index (χ0v) is 13.9. The van der Waals surface area contributed by atoms with Gasteiger partial charge in [0, 0.05) is 32.2 Å². The van der Waals surface area contributed by atoms with Gasteiger partial charge < -0.3 is 15.8 Å². The van der Waals surface area contributed by atoms with Crippen LogP contribution < -0.4 is 11.1 Å². The van der Waals surface area contributed by atoms with Gasteiger partial charge in [0.2, 0.25) is 0 Å². The Balaban J connectivity index is 0.00000200. The third-order valence-electron chi connectivity index (χ3n) is 3.76. The Labute approximate surface area is 136 Å². The first kappa shape index (κ1) is 17.2. The number of guanidine groups is 1. The van der Waals surface area contributed by atoms with E-state index in [1.54, 1.807) is 7.05 Å². The van der Waals surface area contributed by atoms with Gasteiger partial charge in [-0.2, -0.15) is 0 Å². The van der Waals surface area contributed by atoms with E-state index in [1.165, 1.54) is 12.1 Å². The van der Waals surface area contributed by atoms with Gasteiger partial charge in [0.25, 0.3) is 0 Å². The molecule has 0 atom stereocenters. The fraction of sp³-hybridized carbons (Fsp3) is 0.500. The van der Waals surface area contributed by atoms with Crippen molar-refractivity contribution in [3.05, 3.63) is 35.6 Å². The number of aliphatic imine (C=N–C) groups is 1. The van der Waals surface area contributed by atoms with E-state index < -0.39 is 0 Å². The minimum Gasteiger partial charge on any atom is -0.381 e. The second-order valence-electron chi connectivity index (χ2n) is 4.86. The highest BCUT2D eigenvalue weighted by atomic mass is 127. The highest BCUT2D eigenvalue weighted by Crippen LogP contribution is 2.34. The molecular formula is C14H21FIN3O. The van der Waals surface area contributed by atoms with Gasteiger partial charge in [-0.25, -0.2) is 4.39 Å². The molecule has 2 rings (SSSR count). The van der Waals surface area contributed by atoms with Crippen LogP contribution in [-0.2, 0) is 10.2 Å². The normalized spacial score (nSPS) is 18.2. The van der Waals surface area contributed by atoms with E-state index >= 15 is 0 Å². The monoisotopic (exact) mass is 393 g/mol. The summed E-state index contributed by atoms with van der Waals surface area (Å²) in [5.41, 5.74) is 6.75. The number of hydrogen-bond acceptors (Lipinski definition) is 2. The predicted molar refractivity (Wildman–Crippen MR) is 89.1 cm³/mol. The average Bonchev–Trinajstić information content (AvgIpc) is 2.46. The molecule has 0 spiro atoms. The van der Waals surface area contributed by atoms with Gasteiger partial charge in [0.15, 0.2) is 5.96 Å². The van der Waals surface area contributed by atoms with Crippen molar-refractivity contribution in [1.29, 1.82) is 0 Å². The third kappa shape index (κ3) is 4.05. The van der Waals surface area contributed by atoms with Crippen LogP contribution in [0.1, 0.15) is 18.4 Å². The standard InChI is InChI=1S/C14H20FN3O.HI/c1-17-13(16)18-10-14(6-8-19-9-7-14)11-2-4-12(15)5-3-11;/h2-5H,6-10H2,1H3,(H3,16,17,18);1H. The molecule has 112 valence electrons. The Hall–Kier alpha value is -0.890. The minimum atomic E-state index is -0.214. The predicted octanol–water partition coefficient (Wildman–Crippen LogP) is 2.03. The molecule has 20 heavy (non-hydrogen) atoms. The van der Waals surface area contributed by atoms with E-state index in [0.29, 0.717) is 25.7 Å². The van der Waals surface area contributed by atoms with Gasteiger partial charge in [0.1, 0.15) is 5.82 Å². The molecule has 0 aliphatic carbocycles. The van der Waals surface area contributed by atoms with E-state index in [4.69, 9.17) is 10.5 Å². The summed E-state index contributed by atoms with van der Waals surface area (Å²) in [6, 6.07) is 6.71. The summed E-state index contributed by atoms with van der Waals surface area (Å²) in [5, 5.41) is 3.13. The summed E-state index contributed by atoms with van der Waals surface area (Å²) < 4.78 is 18.5. The largest absolute Gasteiger partial charge is 0.381 e. The van der Waals surface area contributed by atoms with Gasteiger partial charge in [-0.3, -0.25) is 4.99 Å². The summed E-state index contributed by atoms with van der Waals surface area (Å²) in [4.78, 5) is 3.90. The maximum Gasteiger partial charge on any atom is 0.188 e. The second-order valence-corrected chi connectivity index (χ2v) is 4.86. The van der Waals surface area contributed by atoms with E-state index in [1.807, 2.05) is 12.1 Å². The lowest BCUT2D eigenvalue weighted by Gasteiger charge is -2.38. The van der Waals surface area contributed by atoms with Crippen LogP contribution in [0.15, 0.2) is 29.3 Å². The average molecular weight is 393 g/mol. The number of benzene rings is 1. The Morgan fingerprint density at radius 2 is 1.95 bits per heavy atom. The second kappa shape index (κ2) is 7.78. The number of ether oxygens (including phenoxy) is 1. The molecule has 1 aromatic carbocycles. The van der Waals surface area contributed by atoms with Crippen molar-refractivity contribution >= 4 is 29.9 Å². The molecule has 0 aromatic heterocycles. The van der Waals surface area contributed by atoms with Crippen LogP contribution >= 0.6 is 24.0 Å². The molecule has 1 saturated heterocycles. The minimum absolute atomic E-state index is 0. The molecule has 1 aromatic rings. The van der Waals surface area contributed by atoms with Crippen molar-refractivity contribution in [2.24, 2.45) is 10.7 Å². The summed E-state index contributed by atoms with van der Waals surface area (Å²) >= 11 is 0. The first-order valence-corrected chi connectivity index (χ1v) is 6.46. The molecule has 0 unspecified atom stereocenters. The lowest BCUT2D eigenvalue weighted by molar-refractivity contribution is 0.0514. The van der Waals surface area contributed by atoms with Crippen LogP contribution in [0.2, 0.25) is 0 Å². The topological polar surface area (TPSA) is 59.6 Å². The lowest BCUT2D eigenvalue weighted by Crippen LogP contribution is -2.46. The molecule has 0 amide bonds. The van der Waals surface area contributed by atoms with Crippen LogP contribution in [0.25, 0.3) is 0 Å². The zero-order valence-electron chi connectivity index (χ0n) is 11.6. The van der Waals surface area contributed by atoms with Crippen LogP contribution in [0.3, 0.4) is 0 Å². The molecule has 1 aliphatic rings. The van der Waals surface area contributed by atoms with Crippen LogP contribution in [-0.4, -0.2) is 32.8 Å². The van der Waals surface area contributed by atoms with E-state index in [-0.39, 0.29) is 35.2 Å². The summed E-state index contributed by atoms with van der Waals surface area (Å²) in [7, 11) is 1.65. The summed E-state index contributed by atoms with van der Waals surface area (Å²) in [6.07, 6.45) is 1.78. The van der Waals surface area contributed by atoms with Crippen molar-refractivity contribution in [3.63, 3.8) is 0 Å². The molecule has 1 fully saturated rings. The molecule has 4 nitrogen and oxygen atoms in total. The molecule has 1 heterocycles. The first-order valence-electron chi connectivity index (χ1n) is 6.46. The van der Waals surface area contributed by atoms with E-state index in [9.17, 15) is 4.39 Å². The van der Waals surface area contributed by atoms with Gasteiger partial charge in [0.05, 0.1) is 0 Å². The maximum absolute atomic E-state index is 13.1. The number of nitrogens with two attached hydrogens (primary N) is 1. The zero-order chi connectivity index (χ0) is 13.7. The molecule has 0 saturated carbocycles. The van der Waals surface area contributed by atoms with E-state index in [0.717, 1.165) is 18.4 Å². The van der Waals surface area contributed by atoms with Crippen molar-refractivity contribution in [2.75, 3.05) is 26.8 Å². The Bertz CT molecular complexity index is 444. The van der Waals surface area contributed by atoms with Gasteiger partial charge in [-0.15, -0.1) is 24.0 Å². The van der Waals surface area contributed by atoms with Crippen LogP contribution in [0.4, 0.5) is 4.39 Å². The van der Waals surface area contributed by atoms with Gasteiger partial charge in [-0.05, 0) is 30.5 Å². The number of nitrogens with zero attached hydrogens (tertiary/aromatic N) is 1. The molecule has 0 radical (unpaired) electrons. The van der Waals surface area contributed by atoms with Crippen molar-refractivity contribution in [2.45, 2.75) is 18.3 Å². The number of hydrogen-bond donors (Lipinski definition) is 2. The summed E-state index contributed by atoms with van der Waals surface area (Å²) in [5.74, 6) is 0.210. The van der Waals surface area contributed by atoms with Crippen molar-refractivity contribution in [3.8, 4) is 0 Å². The Kier molecular flexibility index (Phi) is 6.67. The SMILES string of the molecule is CN=C(N)NCC1(c2ccc(F)cc2)CCOCC1.I. The quantitative estimate of drug-likeness (QED) is 0.470. The first-order chi connectivity index (χ1) is 9.16. The summed E-state index contributed by atoms with van der Waals surface area (Å²) in [6.45, 7) is 2.11. The molecule has 0 bridgehead atoms. The third-order valence-corrected chi connectivity index (χ3v) is 3.76. The number of rotatable bonds is 3. The molecular weight excluding hydrogens is 372 g/mol. The van der Waals surface area contributed by atoms with Crippen LogP contribution in [0.5, 0.6) is 0 Å². The van der Waals surface area contributed by atoms with Crippen LogP contribution in [0, 0.1) is 5.82 Å². The van der Waals surface area contributed by atoms with Gasteiger partial charge >= 0.3 is 0 Å². The van der Waals surface area contributed by atoms with Crippen molar-refractivity contribution in [1.82, 2.24) is 5.32 Å². The smallest absolute Gasteiger partial charge is 0.188 e. The molecule has 3 N–H and O–H groups in total. The van der Waals surface area contributed by atoms with E-state index in [2.05, 4.69) is 10.3 Å². The number of nitrogens with one attached hydrogen (secondary N) is 1. The fourth-order valence-electron chi connectivity index (χ4n) is 2.47. The highest BCUT2D eigenvalue weighted by molar-refractivity contribution is 14.0. The Morgan fingerprint density at radius 1 is 1.35 bits per heavy atom. The van der Waals surface area contributed by atoms with Gasteiger partial charge in [-0.1, -0.05) is 12.1 Å². The van der Waals surface area contributed by atoms with Crippen molar-refractivity contribution < 1.29 is 9.13 Å². The number of halogens is 2. The Morgan fingerprint density at radius 3 is 2.50 bits per heavy atom. The lowest BCUT2D eigenvalue weighted by atomic mass is 9.74. The molecule has 1 aliphatic heterocycles. The maximum atomic E-state index is 13.1. The highest BCUT2D eigenvalue weighted by Gasteiger charge is 2.34. The molecule has 6 heteroatoms. The fourth-order valence-corrected chi connectivity index (χ4v) is 2.47.